The number of rotatable bonds is 2. The Balaban J connectivity index is 2.02. The Labute approximate surface area is 106 Å². The van der Waals surface area contributed by atoms with E-state index >= 15 is 0 Å². The van der Waals surface area contributed by atoms with Gasteiger partial charge in [0.2, 0.25) is 0 Å². The van der Waals surface area contributed by atoms with Gasteiger partial charge in [-0.25, -0.2) is 0 Å². The summed E-state index contributed by atoms with van der Waals surface area (Å²) in [6, 6.07) is 9.29. The maximum atomic E-state index is 3.49. The van der Waals surface area contributed by atoms with Gasteiger partial charge in [-0.15, -0.1) is 0 Å². The summed E-state index contributed by atoms with van der Waals surface area (Å²) in [5.74, 6) is 0.729. The third-order valence-corrected chi connectivity index (χ3v) is 3.48. The Kier molecular flexibility index (Phi) is 3.88. The molecule has 0 radical (unpaired) electrons. The Morgan fingerprint density at radius 3 is 2.41 bits per heavy atom. The summed E-state index contributed by atoms with van der Waals surface area (Å²) in [7, 11) is 0. The quantitative estimate of drug-likeness (QED) is 0.817. The highest BCUT2D eigenvalue weighted by molar-refractivity contribution is 5.26. The van der Waals surface area contributed by atoms with Crippen LogP contribution in [0.5, 0.6) is 0 Å². The minimum Gasteiger partial charge on any atom is -0.316 e. The van der Waals surface area contributed by atoms with Crippen LogP contribution in [-0.4, -0.2) is 13.1 Å². The molecule has 0 aromatic heterocycles. The number of piperidine rings is 1. The summed E-state index contributed by atoms with van der Waals surface area (Å²) >= 11 is 0. The van der Waals surface area contributed by atoms with E-state index in [1.54, 1.807) is 0 Å². The molecule has 17 heavy (non-hydrogen) atoms. The molecule has 0 saturated carbocycles. The summed E-state index contributed by atoms with van der Waals surface area (Å²) in [6.45, 7) is 9.24. The van der Waals surface area contributed by atoms with Crippen LogP contribution in [0.1, 0.15) is 50.7 Å². The van der Waals surface area contributed by atoms with Crippen LogP contribution in [0.15, 0.2) is 24.3 Å². The van der Waals surface area contributed by atoms with E-state index in [1.807, 2.05) is 0 Å². The van der Waals surface area contributed by atoms with Crippen LogP contribution < -0.4 is 5.32 Å². The Morgan fingerprint density at radius 2 is 1.88 bits per heavy atom. The predicted octanol–water partition coefficient (Wildman–Crippen LogP) is 3.74. The second-order valence-electron chi connectivity index (χ2n) is 6.52. The topological polar surface area (TPSA) is 12.0 Å². The third kappa shape index (κ3) is 3.85. The SMILES string of the molecule is CC(C)(C)Cc1ccc(C2CCCNC2)cc1. The van der Waals surface area contributed by atoms with Crippen LogP contribution in [0.25, 0.3) is 0 Å². The Morgan fingerprint density at radius 1 is 1.18 bits per heavy atom. The van der Waals surface area contributed by atoms with Gasteiger partial charge in [0, 0.05) is 6.54 Å². The average molecular weight is 231 g/mol. The van der Waals surface area contributed by atoms with Gasteiger partial charge in [-0.2, -0.15) is 0 Å². The first-order valence-corrected chi connectivity index (χ1v) is 6.84. The minimum atomic E-state index is 0.383. The summed E-state index contributed by atoms with van der Waals surface area (Å²) in [5.41, 5.74) is 3.35. The van der Waals surface area contributed by atoms with Gasteiger partial charge in [0.1, 0.15) is 0 Å². The molecule has 1 nitrogen and oxygen atoms in total. The lowest BCUT2D eigenvalue weighted by atomic mass is 9.86. The summed E-state index contributed by atoms with van der Waals surface area (Å²) < 4.78 is 0. The van der Waals surface area contributed by atoms with Crippen LogP contribution in [0, 0.1) is 5.41 Å². The number of hydrogen-bond donors (Lipinski definition) is 1. The highest BCUT2D eigenvalue weighted by Gasteiger charge is 2.15. The molecule has 1 N–H and O–H groups in total. The van der Waals surface area contributed by atoms with Gasteiger partial charge >= 0.3 is 0 Å². The van der Waals surface area contributed by atoms with Crippen molar-refractivity contribution in [3.8, 4) is 0 Å². The minimum absolute atomic E-state index is 0.383. The van der Waals surface area contributed by atoms with Gasteiger partial charge in [0.05, 0.1) is 0 Å². The van der Waals surface area contributed by atoms with Crippen LogP contribution >= 0.6 is 0 Å². The molecule has 1 heterocycles. The van der Waals surface area contributed by atoms with Crippen molar-refractivity contribution in [2.45, 2.75) is 46.0 Å². The Bertz CT molecular complexity index is 339. The van der Waals surface area contributed by atoms with Gasteiger partial charge in [-0.3, -0.25) is 0 Å². The van der Waals surface area contributed by atoms with Crippen molar-refractivity contribution in [1.82, 2.24) is 5.32 Å². The molecular formula is C16H25N. The number of nitrogens with one attached hydrogen (secondary N) is 1. The standard InChI is InChI=1S/C16H25N/c1-16(2,3)11-13-6-8-14(9-7-13)15-5-4-10-17-12-15/h6-9,15,17H,4-5,10-12H2,1-3H3. The van der Waals surface area contributed by atoms with E-state index in [4.69, 9.17) is 0 Å². The molecule has 1 unspecified atom stereocenters. The second-order valence-corrected chi connectivity index (χ2v) is 6.52. The molecule has 1 heteroatoms. The molecule has 1 aromatic carbocycles. The molecule has 1 aliphatic rings. The van der Waals surface area contributed by atoms with Crippen molar-refractivity contribution in [2.24, 2.45) is 5.41 Å². The normalized spacial score (nSPS) is 21.5. The first kappa shape index (κ1) is 12.6. The largest absolute Gasteiger partial charge is 0.316 e. The van der Waals surface area contributed by atoms with E-state index in [0.29, 0.717) is 5.41 Å². The summed E-state index contributed by atoms with van der Waals surface area (Å²) in [4.78, 5) is 0. The van der Waals surface area contributed by atoms with Crippen LogP contribution in [0.4, 0.5) is 0 Å². The highest BCUT2D eigenvalue weighted by atomic mass is 14.9. The average Bonchev–Trinajstić information content (AvgIpc) is 2.29. The van der Waals surface area contributed by atoms with Crippen molar-refractivity contribution >= 4 is 0 Å². The Hall–Kier alpha value is -0.820. The van der Waals surface area contributed by atoms with Crippen molar-refractivity contribution in [1.29, 1.82) is 0 Å². The number of benzene rings is 1. The molecule has 1 aliphatic heterocycles. The van der Waals surface area contributed by atoms with Crippen LogP contribution in [-0.2, 0) is 6.42 Å². The fourth-order valence-electron chi connectivity index (χ4n) is 2.66. The highest BCUT2D eigenvalue weighted by Crippen LogP contribution is 2.25. The third-order valence-electron chi connectivity index (χ3n) is 3.48. The van der Waals surface area contributed by atoms with Crippen molar-refractivity contribution < 1.29 is 0 Å². The van der Waals surface area contributed by atoms with Gasteiger partial charge in [-0.05, 0) is 48.3 Å². The summed E-state index contributed by atoms with van der Waals surface area (Å²) in [6.07, 6.45) is 3.82. The van der Waals surface area contributed by atoms with Crippen molar-refractivity contribution in [3.05, 3.63) is 35.4 Å². The molecule has 0 amide bonds. The van der Waals surface area contributed by atoms with E-state index in [-0.39, 0.29) is 0 Å². The molecular weight excluding hydrogens is 206 g/mol. The zero-order valence-electron chi connectivity index (χ0n) is 11.4. The van der Waals surface area contributed by atoms with Gasteiger partial charge in [-0.1, -0.05) is 45.0 Å². The van der Waals surface area contributed by atoms with E-state index < -0.39 is 0 Å². The molecule has 1 saturated heterocycles. The molecule has 0 aliphatic carbocycles. The zero-order valence-corrected chi connectivity index (χ0v) is 11.4. The first-order chi connectivity index (χ1) is 8.04. The molecule has 1 aromatic rings. The van der Waals surface area contributed by atoms with Gasteiger partial charge < -0.3 is 5.32 Å². The van der Waals surface area contributed by atoms with Crippen molar-refractivity contribution in [2.75, 3.05) is 13.1 Å². The monoisotopic (exact) mass is 231 g/mol. The van der Waals surface area contributed by atoms with E-state index in [9.17, 15) is 0 Å². The fourth-order valence-corrected chi connectivity index (χ4v) is 2.66. The zero-order chi connectivity index (χ0) is 12.3. The summed E-state index contributed by atoms with van der Waals surface area (Å²) in [5, 5.41) is 3.49. The smallest absolute Gasteiger partial charge is 0.00201 e. The predicted molar refractivity (Wildman–Crippen MR) is 74.4 cm³/mol. The maximum Gasteiger partial charge on any atom is 0.00201 e. The molecule has 94 valence electrons. The van der Waals surface area contributed by atoms with E-state index in [2.05, 4.69) is 50.4 Å². The van der Waals surface area contributed by atoms with E-state index in [1.165, 1.54) is 30.5 Å². The van der Waals surface area contributed by atoms with Crippen LogP contribution in [0.2, 0.25) is 0 Å². The van der Waals surface area contributed by atoms with Crippen molar-refractivity contribution in [3.63, 3.8) is 0 Å². The van der Waals surface area contributed by atoms with Gasteiger partial charge in [0.15, 0.2) is 0 Å². The lowest BCUT2D eigenvalue weighted by molar-refractivity contribution is 0.411. The fraction of sp³-hybridized carbons (Fsp3) is 0.625. The number of hydrogen-bond acceptors (Lipinski definition) is 1. The lowest BCUT2D eigenvalue weighted by Gasteiger charge is -2.24. The van der Waals surface area contributed by atoms with Crippen LogP contribution in [0.3, 0.4) is 0 Å². The maximum absolute atomic E-state index is 3.49. The molecule has 0 spiro atoms. The second kappa shape index (κ2) is 5.22. The molecule has 1 fully saturated rings. The molecule has 1 atom stereocenters. The first-order valence-electron chi connectivity index (χ1n) is 6.84. The molecule has 2 rings (SSSR count). The van der Waals surface area contributed by atoms with E-state index in [0.717, 1.165) is 18.9 Å². The molecule has 0 bridgehead atoms. The lowest BCUT2D eigenvalue weighted by Crippen LogP contribution is -2.28. The van der Waals surface area contributed by atoms with Gasteiger partial charge in [0.25, 0.3) is 0 Å².